The number of para-hydroxylation sites is 1. The highest BCUT2D eigenvalue weighted by atomic mass is 19.3. The molecule has 1 rings (SSSR count). The number of alkyl halides is 2. The van der Waals surface area contributed by atoms with Gasteiger partial charge in [-0.25, -0.2) is 0 Å². The Labute approximate surface area is 106 Å². The molecular weight excluding hydrogens is 236 g/mol. The lowest BCUT2D eigenvalue weighted by Gasteiger charge is -2.19. The summed E-state index contributed by atoms with van der Waals surface area (Å²) in [5.41, 5.74) is 0.711. The minimum absolute atomic E-state index is 0.0996. The number of benzene rings is 1. The van der Waals surface area contributed by atoms with Gasteiger partial charge < -0.3 is 10.1 Å². The summed E-state index contributed by atoms with van der Waals surface area (Å²) in [7, 11) is 0. The maximum absolute atomic E-state index is 12.3. The van der Waals surface area contributed by atoms with E-state index in [9.17, 15) is 8.78 Å². The molecule has 0 saturated carbocycles. The van der Waals surface area contributed by atoms with Crippen LogP contribution >= 0.6 is 0 Å². The van der Waals surface area contributed by atoms with E-state index in [4.69, 9.17) is 0 Å². The fourth-order valence-electron chi connectivity index (χ4n) is 1.71. The Morgan fingerprint density at radius 1 is 1.33 bits per heavy atom. The molecule has 1 unspecified atom stereocenters. The van der Waals surface area contributed by atoms with Gasteiger partial charge in [0.2, 0.25) is 0 Å². The summed E-state index contributed by atoms with van der Waals surface area (Å²) in [5, 5.41) is 3.22. The number of nitrogens with one attached hydrogen (secondary N) is 1. The van der Waals surface area contributed by atoms with Crippen LogP contribution in [0.3, 0.4) is 0 Å². The van der Waals surface area contributed by atoms with E-state index in [1.165, 1.54) is 0 Å². The molecule has 4 heteroatoms. The molecule has 0 amide bonds. The molecule has 0 aliphatic rings. The number of hydrogen-bond donors (Lipinski definition) is 1. The molecule has 1 aromatic carbocycles. The topological polar surface area (TPSA) is 21.3 Å². The molecule has 2 nitrogen and oxygen atoms in total. The van der Waals surface area contributed by atoms with Crippen molar-refractivity contribution >= 4 is 0 Å². The van der Waals surface area contributed by atoms with Crippen molar-refractivity contribution < 1.29 is 13.5 Å². The zero-order valence-corrected chi connectivity index (χ0v) is 10.5. The number of rotatable bonds is 6. The van der Waals surface area contributed by atoms with Crippen molar-refractivity contribution in [3.8, 4) is 17.6 Å². The van der Waals surface area contributed by atoms with Crippen LogP contribution < -0.4 is 10.1 Å². The monoisotopic (exact) mass is 253 g/mol. The summed E-state index contributed by atoms with van der Waals surface area (Å²) in [4.78, 5) is 0. The Kier molecular flexibility index (Phi) is 6.16. The Bertz CT molecular complexity index is 423. The van der Waals surface area contributed by atoms with Crippen molar-refractivity contribution in [3.05, 3.63) is 29.8 Å². The Morgan fingerprint density at radius 3 is 2.67 bits per heavy atom. The average molecular weight is 253 g/mol. The van der Waals surface area contributed by atoms with Gasteiger partial charge in [0.1, 0.15) is 5.75 Å². The SMILES string of the molecule is CC#CCC(NCC)c1ccccc1OC(F)F. The second kappa shape index (κ2) is 7.67. The standard InChI is InChI=1S/C14H17F2NO/c1-3-5-9-12(17-4-2)11-8-6-7-10-13(11)18-14(15)16/h6-8,10,12,14,17H,4,9H2,1-2H3. The van der Waals surface area contributed by atoms with Gasteiger partial charge in [-0.05, 0) is 19.5 Å². The van der Waals surface area contributed by atoms with Crippen molar-refractivity contribution in [1.82, 2.24) is 5.32 Å². The van der Waals surface area contributed by atoms with E-state index in [0.717, 1.165) is 6.54 Å². The Hall–Kier alpha value is -1.60. The number of halogens is 2. The second-order valence-electron chi connectivity index (χ2n) is 3.66. The molecule has 0 aliphatic carbocycles. The summed E-state index contributed by atoms with van der Waals surface area (Å²) in [6.45, 7) is 1.64. The molecule has 98 valence electrons. The van der Waals surface area contributed by atoms with Crippen molar-refractivity contribution in [2.75, 3.05) is 6.54 Å². The Morgan fingerprint density at radius 2 is 2.06 bits per heavy atom. The smallest absolute Gasteiger partial charge is 0.387 e. The molecule has 0 fully saturated rings. The predicted molar refractivity (Wildman–Crippen MR) is 67.6 cm³/mol. The van der Waals surface area contributed by atoms with Crippen LogP contribution in [0.15, 0.2) is 24.3 Å². The highest BCUT2D eigenvalue weighted by Crippen LogP contribution is 2.28. The predicted octanol–water partition coefficient (Wildman–Crippen LogP) is 3.35. The molecular formula is C14H17F2NO. The Balaban J connectivity index is 2.97. The first-order valence-electron chi connectivity index (χ1n) is 5.85. The third kappa shape index (κ3) is 4.34. The van der Waals surface area contributed by atoms with Crippen LogP contribution in [0.25, 0.3) is 0 Å². The first kappa shape index (κ1) is 14.5. The van der Waals surface area contributed by atoms with Gasteiger partial charge >= 0.3 is 6.61 Å². The first-order chi connectivity index (χ1) is 8.69. The largest absolute Gasteiger partial charge is 0.434 e. The molecule has 18 heavy (non-hydrogen) atoms. The molecule has 0 saturated heterocycles. The van der Waals surface area contributed by atoms with E-state index in [-0.39, 0.29) is 11.8 Å². The minimum Gasteiger partial charge on any atom is -0.434 e. The van der Waals surface area contributed by atoms with E-state index in [0.29, 0.717) is 12.0 Å². The third-order valence-electron chi connectivity index (χ3n) is 2.44. The molecule has 0 spiro atoms. The summed E-state index contributed by atoms with van der Waals surface area (Å²) < 4.78 is 29.2. The van der Waals surface area contributed by atoms with Crippen molar-refractivity contribution in [2.45, 2.75) is 32.9 Å². The number of ether oxygens (including phenoxy) is 1. The van der Waals surface area contributed by atoms with Crippen LogP contribution in [0.2, 0.25) is 0 Å². The lowest BCUT2D eigenvalue weighted by Crippen LogP contribution is -2.21. The van der Waals surface area contributed by atoms with Gasteiger partial charge in [-0.3, -0.25) is 0 Å². The van der Waals surface area contributed by atoms with E-state index in [1.54, 1.807) is 31.2 Å². The molecule has 0 bridgehead atoms. The minimum atomic E-state index is -2.81. The second-order valence-corrected chi connectivity index (χ2v) is 3.66. The van der Waals surface area contributed by atoms with Gasteiger partial charge in [0.15, 0.2) is 0 Å². The molecule has 1 atom stereocenters. The van der Waals surface area contributed by atoms with E-state index < -0.39 is 6.61 Å². The zero-order valence-electron chi connectivity index (χ0n) is 10.5. The molecule has 0 heterocycles. The molecule has 1 N–H and O–H groups in total. The number of hydrogen-bond acceptors (Lipinski definition) is 2. The van der Waals surface area contributed by atoms with Gasteiger partial charge in [-0.2, -0.15) is 8.78 Å². The van der Waals surface area contributed by atoms with Crippen LogP contribution in [-0.2, 0) is 0 Å². The van der Waals surface area contributed by atoms with Crippen LogP contribution in [0.1, 0.15) is 31.9 Å². The first-order valence-corrected chi connectivity index (χ1v) is 5.85. The van der Waals surface area contributed by atoms with Crippen LogP contribution in [0.5, 0.6) is 5.75 Å². The summed E-state index contributed by atoms with van der Waals surface area (Å²) in [6, 6.07) is 6.71. The van der Waals surface area contributed by atoms with Gasteiger partial charge in [0.25, 0.3) is 0 Å². The van der Waals surface area contributed by atoms with Crippen molar-refractivity contribution in [3.63, 3.8) is 0 Å². The highest BCUT2D eigenvalue weighted by Gasteiger charge is 2.16. The lowest BCUT2D eigenvalue weighted by atomic mass is 10.0. The third-order valence-corrected chi connectivity index (χ3v) is 2.44. The lowest BCUT2D eigenvalue weighted by molar-refractivity contribution is -0.0507. The van der Waals surface area contributed by atoms with Gasteiger partial charge in [-0.1, -0.05) is 25.1 Å². The molecule has 0 radical (unpaired) electrons. The fourth-order valence-corrected chi connectivity index (χ4v) is 1.71. The van der Waals surface area contributed by atoms with Gasteiger partial charge in [-0.15, -0.1) is 11.8 Å². The maximum atomic E-state index is 12.3. The normalized spacial score (nSPS) is 11.8. The van der Waals surface area contributed by atoms with E-state index >= 15 is 0 Å². The van der Waals surface area contributed by atoms with Crippen molar-refractivity contribution in [2.24, 2.45) is 0 Å². The molecule has 0 aromatic heterocycles. The summed E-state index contributed by atoms with van der Waals surface area (Å²) in [5.74, 6) is 5.97. The van der Waals surface area contributed by atoms with Gasteiger partial charge in [0, 0.05) is 18.0 Å². The highest BCUT2D eigenvalue weighted by molar-refractivity contribution is 5.36. The summed E-state index contributed by atoms with van der Waals surface area (Å²) in [6.07, 6.45) is 0.563. The van der Waals surface area contributed by atoms with Gasteiger partial charge in [0.05, 0.1) is 0 Å². The zero-order chi connectivity index (χ0) is 13.4. The average Bonchev–Trinajstić information content (AvgIpc) is 2.35. The van der Waals surface area contributed by atoms with E-state index in [2.05, 4.69) is 21.9 Å². The fraction of sp³-hybridized carbons (Fsp3) is 0.429. The quantitative estimate of drug-likeness (QED) is 0.785. The summed E-state index contributed by atoms with van der Waals surface area (Å²) >= 11 is 0. The van der Waals surface area contributed by atoms with E-state index in [1.807, 2.05) is 6.92 Å². The van der Waals surface area contributed by atoms with Crippen LogP contribution in [-0.4, -0.2) is 13.2 Å². The molecule has 0 aliphatic heterocycles. The van der Waals surface area contributed by atoms with Crippen LogP contribution in [0, 0.1) is 11.8 Å². The maximum Gasteiger partial charge on any atom is 0.387 e. The van der Waals surface area contributed by atoms with Crippen LogP contribution in [0.4, 0.5) is 8.78 Å². The molecule has 1 aromatic rings. The van der Waals surface area contributed by atoms with Crippen molar-refractivity contribution in [1.29, 1.82) is 0 Å².